The first-order valence-electron chi connectivity index (χ1n) is 9.93. The van der Waals surface area contributed by atoms with E-state index in [1.165, 1.54) is 6.42 Å². The van der Waals surface area contributed by atoms with Crippen LogP contribution in [0.1, 0.15) is 71.6 Å². The zero-order valence-electron chi connectivity index (χ0n) is 15.1. The molecule has 4 heteroatoms. The quantitative estimate of drug-likeness (QED) is 0.389. The Morgan fingerprint density at radius 1 is 1.00 bits per heavy atom. The van der Waals surface area contributed by atoms with Crippen LogP contribution in [-0.2, 0) is 0 Å². The van der Waals surface area contributed by atoms with E-state index < -0.39 is 5.60 Å². The molecule has 0 amide bonds. The first-order chi connectivity index (χ1) is 11.3. The second kappa shape index (κ2) is 5.44. The molecule has 0 aromatic rings. The summed E-state index contributed by atoms with van der Waals surface area (Å²) in [7, 11) is 0. The number of oxime groups is 1. The molecule has 4 nitrogen and oxygen atoms in total. The molecule has 0 heterocycles. The first-order valence-corrected chi connectivity index (χ1v) is 9.93. The largest absolute Gasteiger partial charge is 0.411 e. The van der Waals surface area contributed by atoms with Gasteiger partial charge in [0.05, 0.1) is 11.7 Å². The predicted molar refractivity (Wildman–Crippen MR) is 93.0 cm³/mol. The lowest BCUT2D eigenvalue weighted by atomic mass is 9.42. The van der Waals surface area contributed by atoms with Gasteiger partial charge in [0.1, 0.15) is 0 Å². The van der Waals surface area contributed by atoms with Crippen LogP contribution >= 0.6 is 0 Å². The van der Waals surface area contributed by atoms with Crippen molar-refractivity contribution >= 4 is 6.21 Å². The van der Waals surface area contributed by atoms with Crippen LogP contribution in [0.3, 0.4) is 0 Å². The van der Waals surface area contributed by atoms with Gasteiger partial charge in [-0.1, -0.05) is 13.8 Å². The van der Waals surface area contributed by atoms with Crippen LogP contribution in [0.25, 0.3) is 0 Å². The maximum Gasteiger partial charge on any atom is 0.0731 e. The van der Waals surface area contributed by atoms with Gasteiger partial charge in [0, 0.05) is 12.1 Å². The highest BCUT2D eigenvalue weighted by molar-refractivity contribution is 5.62. The lowest BCUT2D eigenvalue weighted by Crippen LogP contribution is -2.63. The molecule has 4 aliphatic carbocycles. The molecule has 4 rings (SSSR count). The molecule has 3 N–H and O–H groups in total. The van der Waals surface area contributed by atoms with Crippen LogP contribution in [0, 0.1) is 34.5 Å². The van der Waals surface area contributed by atoms with Crippen molar-refractivity contribution in [2.75, 3.05) is 0 Å². The van der Waals surface area contributed by atoms with Crippen molar-refractivity contribution in [1.82, 2.24) is 0 Å². The second-order valence-corrected chi connectivity index (χ2v) is 9.73. The van der Waals surface area contributed by atoms with Crippen molar-refractivity contribution in [2.45, 2.75) is 83.3 Å². The average Bonchev–Trinajstić information content (AvgIpc) is 2.84. The summed E-state index contributed by atoms with van der Waals surface area (Å²) in [5.74, 6) is 1.42. The first kappa shape index (κ1) is 16.8. The van der Waals surface area contributed by atoms with E-state index in [2.05, 4.69) is 19.0 Å². The molecule has 0 aromatic carbocycles. The molecule has 0 radical (unpaired) electrons. The SMILES string of the molecule is C[C@]12C(/C=N\O)C[C@H](O)C[C@H]1CC[C@@H]1[C@@H]2CC[C@]2(C)CCC[C@]12O. The van der Waals surface area contributed by atoms with Crippen molar-refractivity contribution in [3.05, 3.63) is 0 Å². The Balaban J connectivity index is 1.73. The van der Waals surface area contributed by atoms with Crippen molar-refractivity contribution in [3.63, 3.8) is 0 Å². The van der Waals surface area contributed by atoms with Crippen LogP contribution in [-0.4, -0.2) is 33.3 Å². The van der Waals surface area contributed by atoms with E-state index in [0.717, 1.165) is 44.9 Å². The maximum atomic E-state index is 11.7. The fourth-order valence-corrected chi connectivity index (χ4v) is 7.65. The van der Waals surface area contributed by atoms with Crippen LogP contribution in [0.4, 0.5) is 0 Å². The molecule has 0 aliphatic heterocycles. The minimum absolute atomic E-state index is 0.0357. The molecule has 0 saturated heterocycles. The molecule has 4 saturated carbocycles. The summed E-state index contributed by atoms with van der Waals surface area (Å²) in [4.78, 5) is 0. The summed E-state index contributed by atoms with van der Waals surface area (Å²) in [5.41, 5.74) is -0.388. The molecule has 24 heavy (non-hydrogen) atoms. The second-order valence-electron chi connectivity index (χ2n) is 9.73. The topological polar surface area (TPSA) is 73.1 Å². The normalized spacial score (nSPS) is 57.4. The fraction of sp³-hybridized carbons (Fsp3) is 0.950. The van der Waals surface area contributed by atoms with Crippen LogP contribution in [0.5, 0.6) is 0 Å². The number of nitrogens with zero attached hydrogens (tertiary/aromatic N) is 1. The Hall–Kier alpha value is -0.610. The maximum absolute atomic E-state index is 11.7. The molecule has 0 spiro atoms. The fourth-order valence-electron chi connectivity index (χ4n) is 7.65. The van der Waals surface area contributed by atoms with Gasteiger partial charge in [-0.25, -0.2) is 0 Å². The number of rotatable bonds is 1. The molecule has 4 fully saturated rings. The average molecular weight is 335 g/mol. The number of aliphatic hydroxyl groups excluding tert-OH is 1. The molecule has 136 valence electrons. The number of hydrogen-bond donors (Lipinski definition) is 3. The van der Waals surface area contributed by atoms with Gasteiger partial charge in [0.2, 0.25) is 0 Å². The molecule has 4 aliphatic rings. The number of hydrogen-bond acceptors (Lipinski definition) is 4. The third-order valence-corrected chi connectivity index (χ3v) is 9.07. The van der Waals surface area contributed by atoms with Gasteiger partial charge < -0.3 is 15.4 Å². The summed E-state index contributed by atoms with van der Waals surface area (Å²) in [6.45, 7) is 4.66. The van der Waals surface area contributed by atoms with Crippen LogP contribution in [0.2, 0.25) is 0 Å². The Kier molecular flexibility index (Phi) is 3.82. The monoisotopic (exact) mass is 335 g/mol. The Morgan fingerprint density at radius 3 is 2.54 bits per heavy atom. The summed E-state index contributed by atoms with van der Waals surface area (Å²) in [5, 5.41) is 34.6. The smallest absolute Gasteiger partial charge is 0.0731 e. The van der Waals surface area contributed by atoms with Gasteiger partial charge in [-0.15, -0.1) is 5.16 Å². The molecular weight excluding hydrogens is 302 g/mol. The van der Waals surface area contributed by atoms with Gasteiger partial charge in [-0.3, -0.25) is 0 Å². The van der Waals surface area contributed by atoms with Gasteiger partial charge >= 0.3 is 0 Å². The number of fused-ring (bicyclic) bond motifs is 5. The third kappa shape index (κ3) is 2.02. The van der Waals surface area contributed by atoms with Gasteiger partial charge in [-0.2, -0.15) is 0 Å². The Labute approximate surface area is 145 Å². The molecule has 0 bridgehead atoms. The Bertz CT molecular complexity index is 537. The zero-order valence-corrected chi connectivity index (χ0v) is 15.1. The lowest BCUT2D eigenvalue weighted by molar-refractivity contribution is -0.208. The summed E-state index contributed by atoms with van der Waals surface area (Å²) in [6, 6.07) is 0. The molecule has 0 aromatic heterocycles. The highest BCUT2D eigenvalue weighted by atomic mass is 16.4. The predicted octanol–water partition coefficient (Wildman–Crippen LogP) is 3.58. The summed E-state index contributed by atoms with van der Waals surface area (Å²) in [6.07, 6.45) is 10.7. The van der Waals surface area contributed by atoms with E-state index in [1.807, 2.05) is 0 Å². The van der Waals surface area contributed by atoms with E-state index in [0.29, 0.717) is 24.2 Å². The summed E-state index contributed by atoms with van der Waals surface area (Å²) >= 11 is 0. The van der Waals surface area contributed by atoms with Crippen molar-refractivity contribution < 1.29 is 15.4 Å². The lowest BCUT2D eigenvalue weighted by Gasteiger charge is -2.64. The molecule has 8 atom stereocenters. The van der Waals surface area contributed by atoms with Crippen LogP contribution < -0.4 is 0 Å². The van der Waals surface area contributed by atoms with E-state index in [4.69, 9.17) is 0 Å². The van der Waals surface area contributed by atoms with E-state index >= 15 is 0 Å². The van der Waals surface area contributed by atoms with E-state index in [9.17, 15) is 15.4 Å². The Morgan fingerprint density at radius 2 is 1.79 bits per heavy atom. The van der Waals surface area contributed by atoms with Crippen molar-refractivity contribution in [3.8, 4) is 0 Å². The van der Waals surface area contributed by atoms with Gasteiger partial charge in [0.25, 0.3) is 0 Å². The highest BCUT2D eigenvalue weighted by Crippen LogP contribution is 2.68. The molecular formula is C20H33NO3. The van der Waals surface area contributed by atoms with Gasteiger partial charge in [0.15, 0.2) is 0 Å². The standard InChI is InChI=1S/C20H33NO3/c1-18-7-3-8-20(18,23)17-5-4-13-10-15(22)11-14(12-21-24)19(13,2)16(17)6-9-18/h12-17,22-24H,3-11H2,1-2H3/b21-12-/t13-,14?,15-,16+,17-,18+,19-,20+/m1/s1. The van der Waals surface area contributed by atoms with Crippen molar-refractivity contribution in [1.29, 1.82) is 0 Å². The van der Waals surface area contributed by atoms with Crippen molar-refractivity contribution in [2.24, 2.45) is 39.7 Å². The van der Waals surface area contributed by atoms with Gasteiger partial charge in [-0.05, 0) is 86.4 Å². The number of aliphatic hydroxyl groups is 2. The minimum Gasteiger partial charge on any atom is -0.411 e. The third-order valence-electron chi connectivity index (χ3n) is 9.07. The molecule has 1 unspecified atom stereocenters. The van der Waals surface area contributed by atoms with Crippen LogP contribution in [0.15, 0.2) is 5.16 Å². The zero-order chi connectivity index (χ0) is 17.2. The highest BCUT2D eigenvalue weighted by Gasteiger charge is 2.65. The van der Waals surface area contributed by atoms with E-state index in [-0.39, 0.29) is 22.9 Å². The van der Waals surface area contributed by atoms with E-state index in [1.54, 1.807) is 6.21 Å². The summed E-state index contributed by atoms with van der Waals surface area (Å²) < 4.78 is 0. The minimum atomic E-state index is -0.513.